The van der Waals surface area contributed by atoms with Gasteiger partial charge >= 0.3 is 0 Å². The maximum absolute atomic E-state index is 12.9. The third-order valence-corrected chi connectivity index (χ3v) is 4.68. The summed E-state index contributed by atoms with van der Waals surface area (Å²) in [5, 5.41) is 2.85. The highest BCUT2D eigenvalue weighted by molar-refractivity contribution is 6.07. The monoisotopic (exact) mass is 372 g/mol. The summed E-state index contributed by atoms with van der Waals surface area (Å²) in [6.07, 6.45) is 6.42. The van der Waals surface area contributed by atoms with Gasteiger partial charge in [-0.3, -0.25) is 9.59 Å². The maximum Gasteiger partial charge on any atom is 0.258 e. The van der Waals surface area contributed by atoms with Crippen molar-refractivity contribution < 1.29 is 14.0 Å². The number of fused-ring (bicyclic) bond motifs is 1. The Kier molecular flexibility index (Phi) is 5.06. The highest BCUT2D eigenvalue weighted by atomic mass is 16.3. The Labute approximate surface area is 163 Å². The summed E-state index contributed by atoms with van der Waals surface area (Å²) in [7, 11) is 0. The van der Waals surface area contributed by atoms with E-state index in [1.165, 1.54) is 6.08 Å². The first kappa shape index (κ1) is 17.8. The standard InChI is InChI=1S/C23H20N2O3/c26-22(13-12-20-9-5-15-28-20)24-19-11-10-17-8-4-14-25(21(17)16-19)23(27)18-6-2-1-3-7-18/h1-3,5-7,9-13,15-16H,4,8,14H2,(H,24,26)/b13-12+. The van der Waals surface area contributed by atoms with Crippen LogP contribution in [0.5, 0.6) is 0 Å². The number of anilines is 2. The van der Waals surface area contributed by atoms with Crippen LogP contribution in [0.2, 0.25) is 0 Å². The summed E-state index contributed by atoms with van der Waals surface area (Å²) < 4.78 is 5.18. The van der Waals surface area contributed by atoms with Crippen LogP contribution >= 0.6 is 0 Å². The lowest BCUT2D eigenvalue weighted by Gasteiger charge is -2.30. The average molecular weight is 372 g/mol. The van der Waals surface area contributed by atoms with E-state index in [4.69, 9.17) is 4.42 Å². The lowest BCUT2D eigenvalue weighted by atomic mass is 10.00. The quantitative estimate of drug-likeness (QED) is 0.685. The molecule has 0 fully saturated rings. The molecule has 5 heteroatoms. The number of hydrogen-bond acceptors (Lipinski definition) is 3. The molecule has 0 aliphatic carbocycles. The third-order valence-electron chi connectivity index (χ3n) is 4.68. The second kappa shape index (κ2) is 7.96. The molecule has 1 aliphatic rings. The van der Waals surface area contributed by atoms with Gasteiger partial charge in [-0.1, -0.05) is 24.3 Å². The number of carbonyl (C=O) groups excluding carboxylic acids is 2. The van der Waals surface area contributed by atoms with Crippen molar-refractivity contribution in [2.45, 2.75) is 12.8 Å². The van der Waals surface area contributed by atoms with E-state index in [-0.39, 0.29) is 11.8 Å². The number of rotatable bonds is 4. The van der Waals surface area contributed by atoms with E-state index in [1.807, 2.05) is 48.5 Å². The lowest BCUT2D eigenvalue weighted by molar-refractivity contribution is -0.111. The van der Waals surface area contributed by atoms with Crippen LogP contribution < -0.4 is 10.2 Å². The molecule has 1 aromatic heterocycles. The summed E-state index contributed by atoms with van der Waals surface area (Å²) in [4.78, 5) is 26.9. The fourth-order valence-electron chi connectivity index (χ4n) is 3.33. The van der Waals surface area contributed by atoms with Crippen molar-refractivity contribution in [2.75, 3.05) is 16.8 Å². The first-order valence-corrected chi connectivity index (χ1v) is 9.23. The number of carbonyl (C=O) groups is 2. The Morgan fingerprint density at radius 1 is 1.04 bits per heavy atom. The largest absolute Gasteiger partial charge is 0.465 e. The number of furan rings is 1. The maximum atomic E-state index is 12.9. The Morgan fingerprint density at radius 3 is 2.68 bits per heavy atom. The molecule has 3 aromatic rings. The minimum atomic E-state index is -0.256. The van der Waals surface area contributed by atoms with Gasteiger partial charge in [0.15, 0.2) is 0 Å². The van der Waals surface area contributed by atoms with Gasteiger partial charge in [-0.15, -0.1) is 0 Å². The van der Waals surface area contributed by atoms with Crippen molar-refractivity contribution >= 4 is 29.3 Å². The molecule has 2 aromatic carbocycles. The smallest absolute Gasteiger partial charge is 0.258 e. The van der Waals surface area contributed by atoms with Crippen molar-refractivity contribution in [1.82, 2.24) is 0 Å². The van der Waals surface area contributed by atoms with Crippen LogP contribution in [0.4, 0.5) is 11.4 Å². The van der Waals surface area contributed by atoms with Gasteiger partial charge in [-0.2, -0.15) is 0 Å². The normalized spacial score (nSPS) is 13.4. The Bertz CT molecular complexity index is 1010. The number of nitrogens with one attached hydrogen (secondary N) is 1. The van der Waals surface area contributed by atoms with E-state index >= 15 is 0 Å². The van der Waals surface area contributed by atoms with Gasteiger partial charge in [-0.05, 0) is 60.9 Å². The second-order valence-electron chi connectivity index (χ2n) is 6.61. The molecule has 0 saturated carbocycles. The minimum absolute atomic E-state index is 0.0252. The van der Waals surface area contributed by atoms with Crippen LogP contribution in [0.3, 0.4) is 0 Å². The Morgan fingerprint density at radius 2 is 1.89 bits per heavy atom. The number of aryl methyl sites for hydroxylation is 1. The van der Waals surface area contributed by atoms with Crippen LogP contribution in [0, 0.1) is 0 Å². The van der Waals surface area contributed by atoms with Crippen molar-refractivity contribution in [3.8, 4) is 0 Å². The molecule has 140 valence electrons. The fraction of sp³-hybridized carbons (Fsp3) is 0.130. The molecule has 5 nitrogen and oxygen atoms in total. The number of benzene rings is 2. The average Bonchev–Trinajstić information content (AvgIpc) is 3.26. The van der Waals surface area contributed by atoms with E-state index in [0.29, 0.717) is 23.6 Å². The topological polar surface area (TPSA) is 62.6 Å². The summed E-state index contributed by atoms with van der Waals surface area (Å²) >= 11 is 0. The molecule has 0 unspecified atom stereocenters. The van der Waals surface area contributed by atoms with Crippen LogP contribution in [0.15, 0.2) is 77.4 Å². The van der Waals surface area contributed by atoms with Crippen LogP contribution in [0.25, 0.3) is 6.08 Å². The van der Waals surface area contributed by atoms with E-state index in [9.17, 15) is 9.59 Å². The fourth-order valence-corrected chi connectivity index (χ4v) is 3.33. The van der Waals surface area contributed by atoms with Crippen molar-refractivity contribution in [3.63, 3.8) is 0 Å². The summed E-state index contributed by atoms with van der Waals surface area (Å²) in [6.45, 7) is 0.663. The molecule has 0 atom stereocenters. The van der Waals surface area contributed by atoms with E-state index < -0.39 is 0 Å². The number of hydrogen-bond donors (Lipinski definition) is 1. The van der Waals surface area contributed by atoms with Gasteiger partial charge in [0.25, 0.3) is 5.91 Å². The predicted octanol–water partition coefficient (Wildman–Crippen LogP) is 4.52. The zero-order valence-corrected chi connectivity index (χ0v) is 15.3. The van der Waals surface area contributed by atoms with Gasteiger partial charge in [-0.25, -0.2) is 0 Å². The van der Waals surface area contributed by atoms with E-state index in [1.54, 1.807) is 29.4 Å². The zero-order chi connectivity index (χ0) is 19.3. The summed E-state index contributed by atoms with van der Waals surface area (Å²) in [6, 6.07) is 18.5. The van der Waals surface area contributed by atoms with Crippen molar-refractivity contribution in [3.05, 3.63) is 89.9 Å². The molecule has 0 saturated heterocycles. The molecule has 1 aliphatic heterocycles. The first-order chi connectivity index (χ1) is 13.7. The predicted molar refractivity (Wildman–Crippen MR) is 109 cm³/mol. The second-order valence-corrected chi connectivity index (χ2v) is 6.61. The van der Waals surface area contributed by atoms with E-state index in [0.717, 1.165) is 24.1 Å². The zero-order valence-electron chi connectivity index (χ0n) is 15.3. The van der Waals surface area contributed by atoms with E-state index in [2.05, 4.69) is 5.32 Å². The molecule has 0 radical (unpaired) electrons. The molecular formula is C23H20N2O3. The molecule has 0 bridgehead atoms. The lowest BCUT2D eigenvalue weighted by Crippen LogP contribution is -2.35. The van der Waals surface area contributed by atoms with Gasteiger partial charge in [0.05, 0.1) is 6.26 Å². The molecule has 28 heavy (non-hydrogen) atoms. The van der Waals surface area contributed by atoms with Gasteiger partial charge in [0.2, 0.25) is 5.91 Å². The van der Waals surface area contributed by atoms with Crippen molar-refractivity contribution in [1.29, 1.82) is 0 Å². The van der Waals surface area contributed by atoms with Crippen LogP contribution in [-0.4, -0.2) is 18.4 Å². The summed E-state index contributed by atoms with van der Waals surface area (Å²) in [5.74, 6) is 0.330. The first-order valence-electron chi connectivity index (χ1n) is 9.23. The molecule has 2 heterocycles. The highest BCUT2D eigenvalue weighted by Crippen LogP contribution is 2.31. The molecular weight excluding hydrogens is 352 g/mol. The van der Waals surface area contributed by atoms with Gasteiger partial charge in [0.1, 0.15) is 5.76 Å². The number of amides is 2. The number of nitrogens with zero attached hydrogens (tertiary/aromatic N) is 1. The van der Waals surface area contributed by atoms with Gasteiger partial charge < -0.3 is 14.6 Å². The van der Waals surface area contributed by atoms with Crippen molar-refractivity contribution in [2.24, 2.45) is 0 Å². The highest BCUT2D eigenvalue weighted by Gasteiger charge is 2.24. The molecule has 4 rings (SSSR count). The SMILES string of the molecule is O=C(/C=C/c1ccco1)Nc1ccc2c(c1)N(C(=O)c1ccccc1)CCC2. The Hall–Kier alpha value is -3.60. The molecule has 2 amide bonds. The van der Waals surface area contributed by atoms with Crippen LogP contribution in [0.1, 0.15) is 28.1 Å². The molecule has 1 N–H and O–H groups in total. The third kappa shape index (κ3) is 3.88. The molecule has 0 spiro atoms. The van der Waals surface area contributed by atoms with Gasteiger partial charge in [0, 0.05) is 29.6 Å². The minimum Gasteiger partial charge on any atom is -0.465 e. The van der Waals surface area contributed by atoms with Crippen LogP contribution in [-0.2, 0) is 11.2 Å². The Balaban J connectivity index is 1.54. The summed E-state index contributed by atoms with van der Waals surface area (Å²) in [5.41, 5.74) is 3.28.